The molecule has 0 aliphatic heterocycles. The second-order valence-corrected chi connectivity index (χ2v) is 3.37. The Morgan fingerprint density at radius 2 is 2.00 bits per heavy atom. The van der Waals surface area contributed by atoms with Crippen molar-refractivity contribution in [3.05, 3.63) is 35.9 Å². The topological polar surface area (TPSA) is 76.5 Å². The van der Waals surface area contributed by atoms with Crippen LogP contribution >= 0.6 is 0 Å². The number of Topliss-reactive ketones (excluding diaryl/α,β-unsaturated/α-hetero) is 1. The number of benzene rings is 1. The second-order valence-electron chi connectivity index (χ2n) is 3.37. The lowest BCUT2D eigenvalue weighted by Crippen LogP contribution is -2.14. The first kappa shape index (κ1) is 11.1. The molecule has 2 aromatic rings. The number of hydrogen-bond donors (Lipinski definition) is 1. The van der Waals surface area contributed by atoms with Crippen molar-refractivity contribution in [3.63, 3.8) is 0 Å². The lowest BCUT2D eigenvalue weighted by molar-refractivity contribution is -0.131. The fourth-order valence-corrected chi connectivity index (χ4v) is 1.53. The molecular formula is C12H9NO4. The number of nitrogens with zero attached hydrogens (tertiary/aromatic N) is 1. The Morgan fingerprint density at radius 3 is 2.65 bits per heavy atom. The van der Waals surface area contributed by atoms with E-state index in [9.17, 15) is 9.59 Å². The third-order valence-corrected chi connectivity index (χ3v) is 2.32. The Labute approximate surface area is 96.7 Å². The summed E-state index contributed by atoms with van der Waals surface area (Å²) in [7, 11) is 1.34. The van der Waals surface area contributed by atoms with Crippen LogP contribution < -0.4 is 4.74 Å². The molecule has 0 fully saturated rings. The summed E-state index contributed by atoms with van der Waals surface area (Å²) in [5, 5.41) is 9.39. The van der Waals surface area contributed by atoms with Gasteiger partial charge in [0.05, 0.1) is 18.2 Å². The Kier molecular flexibility index (Phi) is 2.74. The maximum Gasteiger partial charge on any atom is 0.377 e. The number of ketones is 1. The summed E-state index contributed by atoms with van der Waals surface area (Å²) in [5.74, 6) is -2.53. The van der Waals surface area contributed by atoms with Crippen molar-refractivity contribution in [2.75, 3.05) is 7.11 Å². The van der Waals surface area contributed by atoms with E-state index >= 15 is 0 Å². The summed E-state index contributed by atoms with van der Waals surface area (Å²) >= 11 is 0. The average Bonchev–Trinajstić information content (AvgIpc) is 2.36. The van der Waals surface area contributed by atoms with Crippen LogP contribution in [0, 0.1) is 0 Å². The Bertz CT molecular complexity index is 606. The van der Waals surface area contributed by atoms with Gasteiger partial charge in [0.1, 0.15) is 0 Å². The van der Waals surface area contributed by atoms with Gasteiger partial charge in [0.15, 0.2) is 0 Å². The first-order valence-electron chi connectivity index (χ1n) is 4.85. The zero-order chi connectivity index (χ0) is 12.4. The number of rotatable bonds is 3. The normalized spacial score (nSPS) is 10.2. The largest absolute Gasteiger partial charge is 0.480 e. The molecule has 1 aromatic heterocycles. The van der Waals surface area contributed by atoms with E-state index in [2.05, 4.69) is 4.98 Å². The highest BCUT2D eigenvalue weighted by Gasteiger charge is 2.21. The third-order valence-electron chi connectivity index (χ3n) is 2.32. The molecule has 0 radical (unpaired) electrons. The van der Waals surface area contributed by atoms with E-state index < -0.39 is 11.8 Å². The number of hydrogen-bond acceptors (Lipinski definition) is 4. The number of aliphatic carboxylic acids is 1. The lowest BCUT2D eigenvalue weighted by Gasteiger charge is -2.06. The van der Waals surface area contributed by atoms with Crippen molar-refractivity contribution in [1.82, 2.24) is 4.98 Å². The number of ether oxygens (including phenoxy) is 1. The molecule has 0 aliphatic rings. The smallest absolute Gasteiger partial charge is 0.377 e. The molecule has 5 nitrogen and oxygen atoms in total. The maximum absolute atomic E-state index is 11.4. The molecule has 0 amide bonds. The molecule has 1 N–H and O–H groups in total. The minimum Gasteiger partial charge on any atom is -0.480 e. The van der Waals surface area contributed by atoms with E-state index in [1.807, 2.05) is 0 Å². The van der Waals surface area contributed by atoms with Gasteiger partial charge in [-0.05, 0) is 12.1 Å². The number of methoxy groups -OCH3 is 1. The highest BCUT2D eigenvalue weighted by Crippen LogP contribution is 2.22. The van der Waals surface area contributed by atoms with Gasteiger partial charge in [0.2, 0.25) is 5.88 Å². The Morgan fingerprint density at radius 1 is 1.29 bits per heavy atom. The molecule has 0 bridgehead atoms. The molecule has 0 saturated heterocycles. The van der Waals surface area contributed by atoms with E-state index in [0.29, 0.717) is 10.9 Å². The molecule has 2 rings (SSSR count). The van der Waals surface area contributed by atoms with Gasteiger partial charge < -0.3 is 9.84 Å². The van der Waals surface area contributed by atoms with Crippen LogP contribution in [-0.2, 0) is 4.79 Å². The van der Waals surface area contributed by atoms with Crippen LogP contribution in [0.1, 0.15) is 10.4 Å². The molecule has 17 heavy (non-hydrogen) atoms. The lowest BCUT2D eigenvalue weighted by atomic mass is 10.1. The van der Waals surface area contributed by atoms with Crippen LogP contribution in [0.3, 0.4) is 0 Å². The molecule has 0 spiro atoms. The van der Waals surface area contributed by atoms with Gasteiger partial charge in [-0.2, -0.15) is 0 Å². The SMILES string of the molecule is COc1nc2ccccc2cc1C(=O)C(=O)O. The van der Waals surface area contributed by atoms with Crippen molar-refractivity contribution >= 4 is 22.7 Å². The minimum absolute atomic E-state index is 0.0242. The standard InChI is InChI=1S/C12H9NO4/c1-17-11-8(10(14)12(15)16)6-7-4-2-3-5-9(7)13-11/h2-6H,1H3,(H,15,16). The molecule has 5 heteroatoms. The molecule has 0 atom stereocenters. The van der Waals surface area contributed by atoms with E-state index in [-0.39, 0.29) is 11.4 Å². The van der Waals surface area contributed by atoms with Crippen molar-refractivity contribution in [2.45, 2.75) is 0 Å². The molecule has 86 valence electrons. The number of carboxylic acids is 1. The Hall–Kier alpha value is -2.43. The summed E-state index contributed by atoms with van der Waals surface area (Å²) in [6.07, 6.45) is 0. The summed E-state index contributed by atoms with van der Waals surface area (Å²) in [4.78, 5) is 26.2. The van der Waals surface area contributed by atoms with Crippen molar-refractivity contribution < 1.29 is 19.4 Å². The van der Waals surface area contributed by atoms with Gasteiger partial charge in [-0.15, -0.1) is 0 Å². The van der Waals surface area contributed by atoms with Gasteiger partial charge >= 0.3 is 5.97 Å². The number of pyridine rings is 1. The predicted molar refractivity (Wildman–Crippen MR) is 60.3 cm³/mol. The summed E-state index contributed by atoms with van der Waals surface area (Å²) in [6.45, 7) is 0. The van der Waals surface area contributed by atoms with Crippen LogP contribution in [0.4, 0.5) is 0 Å². The number of fused-ring (bicyclic) bond motifs is 1. The van der Waals surface area contributed by atoms with E-state index in [0.717, 1.165) is 0 Å². The summed E-state index contributed by atoms with van der Waals surface area (Å²) in [6, 6.07) is 8.56. The van der Waals surface area contributed by atoms with Crippen LogP contribution in [0.5, 0.6) is 5.88 Å². The summed E-state index contributed by atoms with van der Waals surface area (Å²) in [5.41, 5.74) is 0.602. The summed E-state index contributed by atoms with van der Waals surface area (Å²) < 4.78 is 4.93. The fourth-order valence-electron chi connectivity index (χ4n) is 1.53. The van der Waals surface area contributed by atoms with Gasteiger partial charge in [0.25, 0.3) is 5.78 Å². The van der Waals surface area contributed by atoms with E-state index in [4.69, 9.17) is 9.84 Å². The average molecular weight is 231 g/mol. The third kappa shape index (κ3) is 1.94. The zero-order valence-electron chi connectivity index (χ0n) is 9.01. The van der Waals surface area contributed by atoms with Crippen molar-refractivity contribution in [2.24, 2.45) is 0 Å². The number of aromatic nitrogens is 1. The molecule has 0 saturated carbocycles. The first-order chi connectivity index (χ1) is 8.13. The number of para-hydroxylation sites is 1. The Balaban J connectivity index is 2.69. The predicted octanol–water partition coefficient (Wildman–Crippen LogP) is 1.51. The molecule has 1 aromatic carbocycles. The number of carbonyl (C=O) groups excluding carboxylic acids is 1. The van der Waals surface area contributed by atoms with Gasteiger partial charge in [-0.25, -0.2) is 9.78 Å². The molecule has 0 aliphatic carbocycles. The molecular weight excluding hydrogens is 222 g/mol. The second kappa shape index (κ2) is 4.21. The van der Waals surface area contributed by atoms with Crippen LogP contribution in [-0.4, -0.2) is 29.0 Å². The highest BCUT2D eigenvalue weighted by atomic mass is 16.5. The van der Waals surface area contributed by atoms with Crippen molar-refractivity contribution in [1.29, 1.82) is 0 Å². The zero-order valence-corrected chi connectivity index (χ0v) is 9.01. The minimum atomic E-state index is -1.53. The number of carboxylic acid groups (broad SMARTS) is 1. The van der Waals surface area contributed by atoms with E-state index in [1.165, 1.54) is 13.2 Å². The van der Waals surface area contributed by atoms with Crippen LogP contribution in [0.15, 0.2) is 30.3 Å². The first-order valence-corrected chi connectivity index (χ1v) is 4.85. The van der Waals surface area contributed by atoms with Gasteiger partial charge in [-0.1, -0.05) is 18.2 Å². The molecule has 1 heterocycles. The number of carbonyl (C=O) groups is 2. The van der Waals surface area contributed by atoms with Crippen molar-refractivity contribution in [3.8, 4) is 5.88 Å². The molecule has 0 unspecified atom stereocenters. The van der Waals surface area contributed by atoms with E-state index in [1.54, 1.807) is 24.3 Å². The highest BCUT2D eigenvalue weighted by molar-refractivity contribution is 6.40. The monoisotopic (exact) mass is 231 g/mol. The van der Waals surface area contributed by atoms with Crippen LogP contribution in [0.2, 0.25) is 0 Å². The quantitative estimate of drug-likeness (QED) is 0.640. The maximum atomic E-state index is 11.4. The van der Waals surface area contributed by atoms with Gasteiger partial charge in [-0.3, -0.25) is 4.79 Å². The van der Waals surface area contributed by atoms with Gasteiger partial charge in [0, 0.05) is 5.39 Å². The fraction of sp³-hybridized carbons (Fsp3) is 0.0833. The van der Waals surface area contributed by atoms with Crippen LogP contribution in [0.25, 0.3) is 10.9 Å².